The van der Waals surface area contributed by atoms with Crippen LogP contribution in [0.25, 0.3) is 11.1 Å². The number of methoxy groups -OCH3 is 1. The van der Waals surface area contributed by atoms with Crippen molar-refractivity contribution in [3.8, 4) is 0 Å². The van der Waals surface area contributed by atoms with Crippen molar-refractivity contribution in [1.29, 1.82) is 0 Å². The van der Waals surface area contributed by atoms with Crippen LogP contribution in [-0.4, -0.2) is 170 Å². The third-order valence-electron chi connectivity index (χ3n) is 12.1. The van der Waals surface area contributed by atoms with Gasteiger partial charge in [0, 0.05) is 89.1 Å². The number of aromatic amines is 1. The highest BCUT2D eigenvalue weighted by atomic mass is 16.5. The summed E-state index contributed by atoms with van der Waals surface area (Å²) in [5.41, 5.74) is 5.28. The molecule has 2 N–H and O–H groups in total. The van der Waals surface area contributed by atoms with Crippen LogP contribution in [0.1, 0.15) is 49.3 Å². The summed E-state index contributed by atoms with van der Waals surface area (Å²) in [6, 6.07) is 12.4. The van der Waals surface area contributed by atoms with Gasteiger partial charge in [-0.25, -0.2) is 14.4 Å². The molecule has 3 fully saturated rings. The summed E-state index contributed by atoms with van der Waals surface area (Å²) in [7, 11) is 5.32. The van der Waals surface area contributed by atoms with Crippen molar-refractivity contribution in [3.05, 3.63) is 63.6 Å². The second kappa shape index (κ2) is 20.4. The Morgan fingerprint density at radius 3 is 2.27 bits per heavy atom. The molecule has 0 unspecified atom stereocenters. The number of H-pyrrole nitrogens is 1. The number of anilines is 1. The average molecular weight is 819 g/mol. The maximum Gasteiger partial charge on any atom is 0.417 e. The lowest BCUT2D eigenvalue weighted by molar-refractivity contribution is -0.145. The van der Waals surface area contributed by atoms with Crippen LogP contribution in [0.3, 0.4) is 0 Å². The van der Waals surface area contributed by atoms with Crippen LogP contribution < -0.4 is 11.1 Å². The fraction of sp³-hybridized carbons (Fsp3) is 0.605. The molecule has 16 heteroatoms. The largest absolute Gasteiger partial charge is 0.463 e. The second-order valence-electron chi connectivity index (χ2n) is 16.5. The van der Waals surface area contributed by atoms with Crippen LogP contribution in [0.2, 0.25) is 0 Å². The molecule has 59 heavy (non-hydrogen) atoms. The molecule has 0 radical (unpaired) electrons. The number of hydrogen-bond donors (Lipinski definition) is 2. The molecule has 16 nitrogen and oxygen atoms in total. The van der Waals surface area contributed by atoms with Crippen molar-refractivity contribution < 1.29 is 33.1 Å². The molecule has 7 rings (SSSR count). The molecular formula is C43H62N8O8. The van der Waals surface area contributed by atoms with E-state index in [-0.39, 0.29) is 36.0 Å². The van der Waals surface area contributed by atoms with Gasteiger partial charge in [-0.2, -0.15) is 0 Å². The van der Waals surface area contributed by atoms with Crippen LogP contribution in [-0.2, 0) is 31.9 Å². The molecule has 4 aliphatic rings. The van der Waals surface area contributed by atoms with Crippen LogP contribution in [0.15, 0.2) is 45.6 Å². The minimum Gasteiger partial charge on any atom is -0.463 e. The summed E-state index contributed by atoms with van der Waals surface area (Å²) in [5, 5.41) is 3.00. The molecule has 1 atom stereocenters. The molecule has 3 saturated heterocycles. The first-order valence-corrected chi connectivity index (χ1v) is 21.0. The third kappa shape index (κ3) is 11.6. The Bertz CT molecular complexity index is 1960. The molecule has 4 aliphatic heterocycles. The van der Waals surface area contributed by atoms with Gasteiger partial charge in [0.15, 0.2) is 5.58 Å². The van der Waals surface area contributed by atoms with Crippen molar-refractivity contribution in [1.82, 2.24) is 34.4 Å². The average Bonchev–Trinajstić information content (AvgIpc) is 3.53. The predicted octanol–water partition coefficient (Wildman–Crippen LogP) is 3.63. The smallest absolute Gasteiger partial charge is 0.417 e. The lowest BCUT2D eigenvalue weighted by Crippen LogP contribution is -2.54. The summed E-state index contributed by atoms with van der Waals surface area (Å²) in [4.78, 5) is 75.8. The predicted molar refractivity (Wildman–Crippen MR) is 224 cm³/mol. The van der Waals surface area contributed by atoms with Crippen LogP contribution in [0.4, 0.5) is 15.3 Å². The van der Waals surface area contributed by atoms with E-state index in [0.29, 0.717) is 50.8 Å². The number of oxazole rings is 1. The van der Waals surface area contributed by atoms with Crippen LogP contribution in [0, 0.1) is 12.8 Å². The molecule has 0 spiro atoms. The number of esters is 1. The summed E-state index contributed by atoms with van der Waals surface area (Å²) in [6.45, 7) is 12.6. The van der Waals surface area contributed by atoms with E-state index < -0.39 is 5.76 Å². The molecule has 0 bridgehead atoms. The van der Waals surface area contributed by atoms with E-state index in [1.165, 1.54) is 12.7 Å². The Morgan fingerprint density at radius 1 is 0.898 bits per heavy atom. The second-order valence-corrected chi connectivity index (χ2v) is 16.5. The number of aryl methyl sites for hydroxylation is 1. The maximum absolute atomic E-state index is 13.2. The lowest BCUT2D eigenvalue weighted by atomic mass is 9.96. The quantitative estimate of drug-likeness (QED) is 0.287. The van der Waals surface area contributed by atoms with Gasteiger partial charge < -0.3 is 38.8 Å². The number of nitrogens with zero attached hydrogens (tertiary/aromatic N) is 6. The van der Waals surface area contributed by atoms with Crippen LogP contribution >= 0.6 is 0 Å². The van der Waals surface area contributed by atoms with E-state index in [0.717, 1.165) is 100 Å². The number of likely N-dealkylation sites (N-methyl/N-ethyl adjacent to an activating group) is 1. The standard InChI is InChI=1S/C27H41N5O5.C16H21N3O3/c1-19-15-21(17-23-25(19)28-27(35)37-23)16-20(2)26(34)32-7-5-22(6-8-32)31-11-9-30(10-12-31)18-24(33)36-14-13-29(3)4;1-22-16(21)18-9-7-13(8-10-18)19-11-6-12-4-2-3-5-14(12)17-15(19)20/h15,17,20,22H,5-14,16,18H2,1-4H3,(H,28,35);2-5,13H,6-11H2,1H3,(H,17,20)/t20-;/m1./s1. The van der Waals surface area contributed by atoms with Gasteiger partial charge >= 0.3 is 23.8 Å². The summed E-state index contributed by atoms with van der Waals surface area (Å²) < 4.78 is 15.3. The summed E-state index contributed by atoms with van der Waals surface area (Å²) in [5.74, 6) is -0.560. The number of nitrogens with one attached hydrogen (secondary N) is 2. The lowest BCUT2D eigenvalue weighted by Gasteiger charge is -2.43. The first-order valence-electron chi connectivity index (χ1n) is 21.0. The van der Waals surface area contributed by atoms with Crippen molar-refractivity contribution >= 4 is 40.8 Å². The summed E-state index contributed by atoms with van der Waals surface area (Å²) >= 11 is 0. The van der Waals surface area contributed by atoms with E-state index in [1.54, 1.807) is 4.90 Å². The highest BCUT2D eigenvalue weighted by Crippen LogP contribution is 2.26. The molecule has 4 amide bonds. The number of benzene rings is 2. The van der Waals surface area contributed by atoms with E-state index in [9.17, 15) is 24.0 Å². The highest BCUT2D eigenvalue weighted by molar-refractivity contribution is 5.91. The SMILES string of the molecule is COC(=O)N1CCC(N2CCc3ccccc3NC2=O)CC1.Cc1cc(C[C@@H](C)C(=O)N2CCC(N3CCN(CC(=O)OCCN(C)C)CC3)CC2)cc2oc(=O)[nH]c12. The number of carbonyl (C=O) groups excluding carboxylic acids is 4. The number of amides is 4. The molecule has 0 aliphatic carbocycles. The number of aromatic nitrogens is 1. The first-order chi connectivity index (χ1) is 28.4. The first kappa shape index (κ1) is 43.6. The zero-order valence-corrected chi connectivity index (χ0v) is 35.4. The number of ether oxygens (including phenoxy) is 2. The number of fused-ring (bicyclic) bond motifs is 2. The van der Waals surface area contributed by atoms with Crippen molar-refractivity contribution in [2.24, 2.45) is 5.92 Å². The Labute approximate surface area is 346 Å². The van der Waals surface area contributed by atoms with Gasteiger partial charge in [0.2, 0.25) is 5.91 Å². The number of carbonyl (C=O) groups is 4. The van der Waals surface area contributed by atoms with Gasteiger partial charge in [-0.3, -0.25) is 24.4 Å². The zero-order chi connectivity index (χ0) is 42.1. The number of likely N-dealkylation sites (tertiary alicyclic amines) is 2. The van der Waals surface area contributed by atoms with E-state index >= 15 is 0 Å². The van der Waals surface area contributed by atoms with Gasteiger partial charge in [-0.15, -0.1) is 0 Å². The van der Waals surface area contributed by atoms with Crippen LogP contribution in [0.5, 0.6) is 0 Å². The normalized spacial score (nSPS) is 19.1. The van der Waals surface area contributed by atoms with Gasteiger partial charge in [0.25, 0.3) is 0 Å². The van der Waals surface area contributed by atoms with E-state index in [4.69, 9.17) is 13.9 Å². The third-order valence-corrected chi connectivity index (χ3v) is 12.1. The molecule has 2 aromatic carbocycles. The number of urea groups is 1. The number of para-hydroxylation sites is 1. The Kier molecular flexibility index (Phi) is 15.1. The number of hydrogen-bond acceptors (Lipinski definition) is 11. The molecular weight excluding hydrogens is 757 g/mol. The van der Waals surface area contributed by atoms with Gasteiger partial charge in [-0.1, -0.05) is 31.2 Å². The van der Waals surface area contributed by atoms with Gasteiger partial charge in [0.05, 0.1) is 19.2 Å². The maximum atomic E-state index is 13.2. The van der Waals surface area contributed by atoms with Crippen molar-refractivity contribution in [3.63, 3.8) is 0 Å². The zero-order valence-electron chi connectivity index (χ0n) is 35.4. The summed E-state index contributed by atoms with van der Waals surface area (Å²) in [6.07, 6.45) is 4.72. The number of piperazine rings is 1. The molecule has 1 aromatic heterocycles. The molecule has 5 heterocycles. The molecule has 3 aromatic rings. The minimum atomic E-state index is -0.457. The van der Waals surface area contributed by atoms with Gasteiger partial charge in [-0.05, 0) is 88.4 Å². The fourth-order valence-electron chi connectivity index (χ4n) is 8.70. The van der Waals surface area contributed by atoms with E-state index in [2.05, 4.69) is 26.2 Å². The van der Waals surface area contributed by atoms with Gasteiger partial charge in [0.1, 0.15) is 6.61 Å². The van der Waals surface area contributed by atoms with E-state index in [1.807, 2.05) is 73.0 Å². The topological polar surface area (TPSA) is 164 Å². The molecule has 0 saturated carbocycles. The Balaban J connectivity index is 0.000000226. The Hall–Kier alpha value is -4.93. The number of rotatable bonds is 10. The van der Waals surface area contributed by atoms with Crippen molar-refractivity contribution in [2.75, 3.05) is 105 Å². The minimum absolute atomic E-state index is 0.0403. The highest BCUT2D eigenvalue weighted by Gasteiger charge is 2.33. The Morgan fingerprint density at radius 2 is 1.58 bits per heavy atom. The fourth-order valence-corrected chi connectivity index (χ4v) is 8.70. The molecule has 322 valence electrons. The van der Waals surface area contributed by atoms with Crippen molar-refractivity contribution in [2.45, 2.75) is 64.5 Å². The monoisotopic (exact) mass is 818 g/mol. The number of piperidine rings is 2.